The lowest BCUT2D eigenvalue weighted by molar-refractivity contribution is 0.0331. The molecule has 0 aromatic carbocycles. The Kier molecular flexibility index (Phi) is 6.35. The van der Waals surface area contributed by atoms with Gasteiger partial charge in [-0.2, -0.15) is 0 Å². The number of furan rings is 1. The van der Waals surface area contributed by atoms with Crippen LogP contribution in [0.3, 0.4) is 0 Å². The number of rotatable bonds is 9. The fourth-order valence-corrected chi connectivity index (χ4v) is 1.27. The summed E-state index contributed by atoms with van der Waals surface area (Å²) < 4.78 is 15.6. The van der Waals surface area contributed by atoms with Gasteiger partial charge in [-0.15, -0.1) is 0 Å². The van der Waals surface area contributed by atoms with E-state index in [1.165, 1.54) is 12.3 Å². The number of hydrogen-bond donors (Lipinski definition) is 1. The van der Waals surface area contributed by atoms with Crippen molar-refractivity contribution in [1.29, 1.82) is 0 Å². The van der Waals surface area contributed by atoms with Crippen molar-refractivity contribution in [2.75, 3.05) is 19.8 Å². The Morgan fingerprint density at radius 3 is 2.82 bits per heavy atom. The Balaban J connectivity index is 2.14. The highest BCUT2D eigenvalue weighted by Gasteiger charge is 2.12. The molecule has 5 heteroatoms. The van der Waals surface area contributed by atoms with Gasteiger partial charge in [0.1, 0.15) is 17.9 Å². The third-order valence-corrected chi connectivity index (χ3v) is 2.22. The maximum atomic E-state index is 10.7. The third-order valence-electron chi connectivity index (χ3n) is 2.22. The van der Waals surface area contributed by atoms with E-state index in [9.17, 15) is 4.79 Å². The summed E-state index contributed by atoms with van der Waals surface area (Å²) in [7, 11) is 0. The molecule has 1 N–H and O–H groups in total. The molecule has 5 nitrogen and oxygen atoms in total. The number of unbranched alkanes of at least 4 members (excludes halogenated alkanes) is 1. The van der Waals surface area contributed by atoms with Crippen LogP contribution in [0.15, 0.2) is 16.7 Å². The highest BCUT2D eigenvalue weighted by molar-refractivity contribution is 5.88. The summed E-state index contributed by atoms with van der Waals surface area (Å²) >= 11 is 0. The minimum absolute atomic E-state index is 0.150. The summed E-state index contributed by atoms with van der Waals surface area (Å²) in [5.74, 6) is -0.664. The van der Waals surface area contributed by atoms with Crippen molar-refractivity contribution in [3.8, 4) is 0 Å². The first-order valence-electron chi connectivity index (χ1n) is 5.70. The SMILES string of the molecule is CCCCOCCOCc1occc1C(=O)O. The molecule has 0 aliphatic rings. The molecule has 1 rings (SSSR count). The van der Waals surface area contributed by atoms with E-state index in [0.29, 0.717) is 19.0 Å². The van der Waals surface area contributed by atoms with E-state index in [1.807, 2.05) is 0 Å². The zero-order valence-electron chi connectivity index (χ0n) is 9.98. The minimum atomic E-state index is -1.00. The van der Waals surface area contributed by atoms with E-state index in [2.05, 4.69) is 6.92 Å². The van der Waals surface area contributed by atoms with Gasteiger partial charge in [-0.05, 0) is 12.5 Å². The van der Waals surface area contributed by atoms with Crippen molar-refractivity contribution < 1.29 is 23.8 Å². The molecule has 0 atom stereocenters. The van der Waals surface area contributed by atoms with Gasteiger partial charge in [0.05, 0.1) is 19.5 Å². The molecule has 0 amide bonds. The van der Waals surface area contributed by atoms with Crippen LogP contribution in [0, 0.1) is 0 Å². The van der Waals surface area contributed by atoms with Gasteiger partial charge >= 0.3 is 5.97 Å². The number of carboxylic acids is 1. The predicted molar refractivity (Wildman–Crippen MR) is 61.1 cm³/mol. The first kappa shape index (κ1) is 13.7. The average Bonchev–Trinajstić information content (AvgIpc) is 2.76. The van der Waals surface area contributed by atoms with Crippen molar-refractivity contribution in [3.63, 3.8) is 0 Å². The largest absolute Gasteiger partial charge is 0.478 e. The van der Waals surface area contributed by atoms with Crippen molar-refractivity contribution in [1.82, 2.24) is 0 Å². The quantitative estimate of drug-likeness (QED) is 0.673. The van der Waals surface area contributed by atoms with Gasteiger partial charge < -0.3 is 19.0 Å². The lowest BCUT2D eigenvalue weighted by Crippen LogP contribution is -2.06. The normalized spacial score (nSPS) is 10.6. The molecule has 0 fully saturated rings. The van der Waals surface area contributed by atoms with E-state index >= 15 is 0 Å². The summed E-state index contributed by atoms with van der Waals surface area (Å²) in [6.07, 6.45) is 3.50. The van der Waals surface area contributed by atoms with E-state index in [1.54, 1.807) is 0 Å². The maximum absolute atomic E-state index is 10.7. The Morgan fingerprint density at radius 2 is 2.12 bits per heavy atom. The van der Waals surface area contributed by atoms with E-state index in [0.717, 1.165) is 19.4 Å². The van der Waals surface area contributed by atoms with Crippen molar-refractivity contribution in [2.45, 2.75) is 26.4 Å². The molecule has 1 heterocycles. The topological polar surface area (TPSA) is 68.9 Å². The highest BCUT2D eigenvalue weighted by atomic mass is 16.5. The monoisotopic (exact) mass is 242 g/mol. The first-order chi connectivity index (χ1) is 8.25. The Bertz CT molecular complexity index is 331. The third kappa shape index (κ3) is 5.01. The lowest BCUT2D eigenvalue weighted by Gasteiger charge is -2.04. The summed E-state index contributed by atoms with van der Waals surface area (Å²) in [5, 5.41) is 8.81. The molecule has 0 bridgehead atoms. The standard InChI is InChI=1S/C12H18O5/c1-2-3-5-15-7-8-16-9-11-10(12(13)14)4-6-17-11/h4,6H,2-3,5,7-9H2,1H3,(H,13,14). The van der Waals surface area contributed by atoms with E-state index in [4.69, 9.17) is 19.0 Å². The van der Waals surface area contributed by atoms with Gasteiger partial charge in [-0.1, -0.05) is 13.3 Å². The van der Waals surface area contributed by atoms with Gasteiger partial charge in [0.15, 0.2) is 0 Å². The number of carbonyl (C=O) groups is 1. The zero-order valence-corrected chi connectivity index (χ0v) is 9.98. The van der Waals surface area contributed by atoms with E-state index < -0.39 is 5.97 Å². The van der Waals surface area contributed by atoms with Crippen molar-refractivity contribution in [2.24, 2.45) is 0 Å². The molecule has 0 spiro atoms. The van der Waals surface area contributed by atoms with Gasteiger partial charge in [-0.25, -0.2) is 4.79 Å². The molecule has 0 aliphatic carbocycles. The van der Waals surface area contributed by atoms with Crippen LogP contribution in [0.2, 0.25) is 0 Å². The van der Waals surface area contributed by atoms with Crippen LogP contribution in [-0.2, 0) is 16.1 Å². The fraction of sp³-hybridized carbons (Fsp3) is 0.583. The van der Waals surface area contributed by atoms with Crippen LogP contribution < -0.4 is 0 Å². The summed E-state index contributed by atoms with van der Waals surface area (Å²) in [4.78, 5) is 10.7. The maximum Gasteiger partial charge on any atom is 0.339 e. The predicted octanol–water partition coefficient (Wildman–Crippen LogP) is 2.31. The summed E-state index contributed by atoms with van der Waals surface area (Å²) in [6.45, 7) is 3.95. The summed E-state index contributed by atoms with van der Waals surface area (Å²) in [5.41, 5.74) is 0.150. The number of hydrogen-bond acceptors (Lipinski definition) is 4. The Hall–Kier alpha value is -1.33. The number of carboxylic acid groups (broad SMARTS) is 1. The molecule has 17 heavy (non-hydrogen) atoms. The summed E-state index contributed by atoms with van der Waals surface area (Å²) in [6, 6.07) is 1.42. The fourth-order valence-electron chi connectivity index (χ4n) is 1.27. The molecular formula is C12H18O5. The zero-order chi connectivity index (χ0) is 12.5. The second-order valence-electron chi connectivity index (χ2n) is 3.58. The first-order valence-corrected chi connectivity index (χ1v) is 5.70. The molecule has 0 saturated heterocycles. The van der Waals surface area contributed by atoms with Crippen LogP contribution >= 0.6 is 0 Å². The van der Waals surface area contributed by atoms with Crippen molar-refractivity contribution in [3.05, 3.63) is 23.7 Å². The lowest BCUT2D eigenvalue weighted by atomic mass is 10.2. The van der Waals surface area contributed by atoms with Crippen LogP contribution in [0.4, 0.5) is 0 Å². The molecule has 96 valence electrons. The Labute approximate surface area is 100 Å². The van der Waals surface area contributed by atoms with Gasteiger partial charge in [0.2, 0.25) is 0 Å². The van der Waals surface area contributed by atoms with Crippen LogP contribution in [0.1, 0.15) is 35.9 Å². The number of aromatic carboxylic acids is 1. The molecular weight excluding hydrogens is 224 g/mol. The van der Waals surface area contributed by atoms with Crippen LogP contribution in [0.5, 0.6) is 0 Å². The molecule has 0 unspecified atom stereocenters. The Morgan fingerprint density at radius 1 is 1.35 bits per heavy atom. The number of ether oxygens (including phenoxy) is 2. The molecule has 1 aromatic rings. The smallest absolute Gasteiger partial charge is 0.339 e. The average molecular weight is 242 g/mol. The van der Waals surface area contributed by atoms with Gasteiger partial charge in [-0.3, -0.25) is 0 Å². The molecule has 0 radical (unpaired) electrons. The van der Waals surface area contributed by atoms with E-state index in [-0.39, 0.29) is 12.2 Å². The van der Waals surface area contributed by atoms with Gasteiger partial charge in [0, 0.05) is 6.61 Å². The molecule has 0 aliphatic heterocycles. The van der Waals surface area contributed by atoms with Crippen LogP contribution in [-0.4, -0.2) is 30.9 Å². The second-order valence-corrected chi connectivity index (χ2v) is 3.58. The van der Waals surface area contributed by atoms with Crippen molar-refractivity contribution >= 4 is 5.97 Å². The van der Waals surface area contributed by atoms with Gasteiger partial charge in [0.25, 0.3) is 0 Å². The molecule has 1 aromatic heterocycles. The van der Waals surface area contributed by atoms with Crippen LogP contribution in [0.25, 0.3) is 0 Å². The second kappa shape index (κ2) is 7.86. The highest BCUT2D eigenvalue weighted by Crippen LogP contribution is 2.11. The minimum Gasteiger partial charge on any atom is -0.478 e. The molecule has 0 saturated carbocycles.